The molecule has 0 radical (unpaired) electrons. The third kappa shape index (κ3) is 12.9. The minimum atomic E-state index is -1.93. The highest BCUT2D eigenvalue weighted by Gasteiger charge is 2.48. The van der Waals surface area contributed by atoms with Crippen molar-refractivity contribution in [2.75, 3.05) is 44.8 Å². The molecule has 288 valence electrons. The average molecular weight is 738 g/mol. The summed E-state index contributed by atoms with van der Waals surface area (Å²) in [6.45, 7) is 6.40. The Morgan fingerprint density at radius 1 is 0.865 bits per heavy atom. The summed E-state index contributed by atoms with van der Waals surface area (Å²) in [4.78, 5) is 73.0. The normalized spacial score (nSPS) is 21.6. The van der Waals surface area contributed by atoms with Crippen molar-refractivity contribution < 1.29 is 72.9 Å². The third-order valence-corrected chi connectivity index (χ3v) is 7.67. The molecule has 2 heterocycles. The second-order valence-electron chi connectivity index (χ2n) is 13.0. The maximum Gasteiger partial charge on any atom is 0.335 e. The molecule has 6 N–H and O–H groups in total. The van der Waals surface area contributed by atoms with Gasteiger partial charge in [-0.3, -0.25) is 28.9 Å². The molecule has 1 saturated heterocycles. The van der Waals surface area contributed by atoms with Gasteiger partial charge in [0.15, 0.2) is 6.10 Å². The number of hydrogen-bond acceptors (Lipinski definition) is 14. The quantitative estimate of drug-likeness (QED) is 0.0567. The first-order valence-electron chi connectivity index (χ1n) is 16.7. The number of amides is 4. The zero-order valence-electron chi connectivity index (χ0n) is 29.3. The van der Waals surface area contributed by atoms with Crippen molar-refractivity contribution in [3.8, 4) is 5.75 Å². The minimum absolute atomic E-state index is 0.0159. The van der Waals surface area contributed by atoms with Gasteiger partial charge in [0.1, 0.15) is 30.7 Å². The second kappa shape index (κ2) is 20.0. The van der Waals surface area contributed by atoms with Crippen LogP contribution in [0.2, 0.25) is 0 Å². The highest BCUT2D eigenvalue weighted by atomic mass is 16.7. The predicted molar refractivity (Wildman–Crippen MR) is 178 cm³/mol. The van der Waals surface area contributed by atoms with Crippen LogP contribution in [0.3, 0.4) is 0 Å². The van der Waals surface area contributed by atoms with E-state index in [0.29, 0.717) is 44.8 Å². The fraction of sp³-hybridized carbons (Fsp3) is 0.588. The first kappa shape index (κ1) is 42.0. The van der Waals surface area contributed by atoms with Gasteiger partial charge in [0.05, 0.1) is 24.3 Å². The maximum atomic E-state index is 12.9. The number of nitrogens with one attached hydrogen (secondary N) is 2. The topological polar surface area (TPSA) is 257 Å². The van der Waals surface area contributed by atoms with E-state index in [2.05, 4.69) is 10.6 Å². The molecule has 0 spiro atoms. The minimum Gasteiger partial charge on any atom is -0.479 e. The van der Waals surface area contributed by atoms with Crippen LogP contribution in [0.1, 0.15) is 52.0 Å². The Bertz CT molecular complexity index is 1440. The first-order valence-corrected chi connectivity index (χ1v) is 16.7. The lowest BCUT2D eigenvalue weighted by molar-refractivity contribution is -0.271. The van der Waals surface area contributed by atoms with E-state index < -0.39 is 54.0 Å². The number of aliphatic hydroxyl groups is 3. The van der Waals surface area contributed by atoms with E-state index in [1.165, 1.54) is 30.4 Å². The van der Waals surface area contributed by atoms with Crippen LogP contribution in [0, 0.1) is 5.41 Å². The molecule has 0 unspecified atom stereocenters. The van der Waals surface area contributed by atoms with Gasteiger partial charge in [-0.25, -0.2) is 4.79 Å². The second-order valence-corrected chi connectivity index (χ2v) is 13.0. The van der Waals surface area contributed by atoms with E-state index in [4.69, 9.17) is 23.7 Å². The van der Waals surface area contributed by atoms with Gasteiger partial charge in [-0.1, -0.05) is 6.07 Å². The molecule has 18 heteroatoms. The number of carboxylic acid groups (broad SMARTS) is 1. The Balaban J connectivity index is 1.43. The van der Waals surface area contributed by atoms with Crippen molar-refractivity contribution in [3.05, 3.63) is 35.9 Å². The Morgan fingerprint density at radius 3 is 2.15 bits per heavy atom. The molecule has 1 aromatic rings. The van der Waals surface area contributed by atoms with Gasteiger partial charge in [-0.15, -0.1) is 0 Å². The molecule has 0 saturated carbocycles. The zero-order valence-corrected chi connectivity index (χ0v) is 29.3. The number of carbonyl (C=O) groups excluding carboxylic acids is 5. The molecule has 2 aliphatic heterocycles. The van der Waals surface area contributed by atoms with Crippen LogP contribution in [0.15, 0.2) is 30.4 Å². The van der Waals surface area contributed by atoms with E-state index >= 15 is 0 Å². The predicted octanol–water partition coefficient (Wildman–Crippen LogP) is -0.380. The monoisotopic (exact) mass is 737 g/mol. The summed E-state index contributed by atoms with van der Waals surface area (Å²) in [5.41, 5.74) is -0.301. The fourth-order valence-electron chi connectivity index (χ4n) is 4.76. The van der Waals surface area contributed by atoms with E-state index in [-0.39, 0.29) is 61.7 Å². The fourth-order valence-corrected chi connectivity index (χ4v) is 4.76. The number of anilines is 1. The number of aliphatic carboxylic acids is 1. The molecule has 52 heavy (non-hydrogen) atoms. The summed E-state index contributed by atoms with van der Waals surface area (Å²) in [6.07, 6.45) is -6.01. The zero-order chi connectivity index (χ0) is 38.4. The third-order valence-electron chi connectivity index (χ3n) is 7.67. The van der Waals surface area contributed by atoms with Gasteiger partial charge < -0.3 is 54.7 Å². The molecule has 18 nitrogen and oxygen atoms in total. The van der Waals surface area contributed by atoms with Gasteiger partial charge in [0, 0.05) is 51.3 Å². The lowest BCUT2D eigenvalue weighted by Crippen LogP contribution is -2.61. The van der Waals surface area contributed by atoms with Crippen molar-refractivity contribution >= 4 is 41.3 Å². The molecule has 0 bridgehead atoms. The number of aliphatic hydroxyl groups excluding tert-OH is 3. The van der Waals surface area contributed by atoms with Crippen LogP contribution >= 0.6 is 0 Å². The van der Waals surface area contributed by atoms with Crippen molar-refractivity contribution in [2.45, 2.75) is 83.8 Å². The van der Waals surface area contributed by atoms with Gasteiger partial charge >= 0.3 is 11.9 Å². The summed E-state index contributed by atoms with van der Waals surface area (Å²) in [5.74, 6) is -3.71. The average Bonchev–Trinajstić information content (AvgIpc) is 3.40. The summed E-state index contributed by atoms with van der Waals surface area (Å²) in [7, 11) is 0. The van der Waals surface area contributed by atoms with Crippen molar-refractivity contribution in [1.82, 2.24) is 10.2 Å². The van der Waals surface area contributed by atoms with Crippen LogP contribution in [-0.4, -0.2) is 131 Å². The van der Waals surface area contributed by atoms with Gasteiger partial charge in [-0.2, -0.15) is 0 Å². The summed E-state index contributed by atoms with van der Waals surface area (Å²) >= 11 is 0. The number of benzene rings is 1. The lowest BCUT2D eigenvalue weighted by Gasteiger charge is -2.38. The van der Waals surface area contributed by atoms with Crippen LogP contribution in [0.4, 0.5) is 5.69 Å². The number of esters is 1. The van der Waals surface area contributed by atoms with Gasteiger partial charge in [0.2, 0.25) is 18.1 Å². The van der Waals surface area contributed by atoms with Gasteiger partial charge in [-0.05, 0) is 51.3 Å². The van der Waals surface area contributed by atoms with Crippen LogP contribution in [-0.2, 0) is 54.3 Å². The number of carbonyl (C=O) groups is 6. The lowest BCUT2D eigenvalue weighted by atomic mass is 9.97. The molecule has 3 rings (SSSR count). The molecular weight excluding hydrogens is 690 g/mol. The molecule has 5 atom stereocenters. The summed E-state index contributed by atoms with van der Waals surface area (Å²) in [5, 5.41) is 45.2. The highest BCUT2D eigenvalue weighted by molar-refractivity contribution is 6.12. The Hall–Kier alpha value is -4.46. The van der Waals surface area contributed by atoms with Crippen LogP contribution < -0.4 is 15.4 Å². The van der Waals surface area contributed by atoms with E-state index in [1.807, 2.05) is 0 Å². The molecular formula is C34H47N3O15. The van der Waals surface area contributed by atoms with Crippen molar-refractivity contribution in [2.24, 2.45) is 5.41 Å². The Morgan fingerprint density at radius 2 is 1.52 bits per heavy atom. The maximum absolute atomic E-state index is 12.9. The van der Waals surface area contributed by atoms with Crippen molar-refractivity contribution in [3.63, 3.8) is 0 Å². The molecule has 1 fully saturated rings. The summed E-state index contributed by atoms with van der Waals surface area (Å²) < 4.78 is 27.1. The number of imide groups is 1. The number of nitrogens with zero attached hydrogens (tertiary/aromatic N) is 1. The smallest absolute Gasteiger partial charge is 0.335 e. The van der Waals surface area contributed by atoms with Crippen LogP contribution in [0.25, 0.3) is 0 Å². The SMILES string of the molecule is CC(C)(C)C(=O)OCc1ccc(O[C@@H]2O[C@H](C(=O)O)[C@@H](O)[C@H](O)[C@H]2O)c(NC(=O)CCNC(=O)CCCOCCOCCCN2C(=O)C=CC2=O)c1. The standard InChI is InChI=1S/C34H47N3O15/c1-34(2,3)33(47)50-19-20-7-8-22(51-32-29(44)27(42)28(43)30(52-32)31(45)46)21(18-20)36-24(39)11-12-35-23(38)6-4-14-48-16-17-49-15-5-13-37-25(40)9-10-26(37)41/h7-10,18,27-30,32,42-44H,4-6,11-17,19H2,1-3H3,(H,35,38)(H,36,39)(H,45,46)/t27-,28-,29+,30-,32+/m0/s1. The summed E-state index contributed by atoms with van der Waals surface area (Å²) in [6, 6.07) is 4.28. The van der Waals surface area contributed by atoms with E-state index in [0.717, 1.165) is 4.90 Å². The van der Waals surface area contributed by atoms with Crippen molar-refractivity contribution in [1.29, 1.82) is 0 Å². The largest absolute Gasteiger partial charge is 0.479 e. The molecule has 4 amide bonds. The number of carboxylic acids is 1. The number of hydrogen-bond donors (Lipinski definition) is 6. The van der Waals surface area contributed by atoms with Crippen LogP contribution in [0.5, 0.6) is 5.75 Å². The Labute approximate surface area is 300 Å². The molecule has 0 aromatic heterocycles. The number of rotatable bonds is 20. The number of ether oxygens (including phenoxy) is 5. The molecule has 2 aliphatic rings. The molecule has 0 aliphatic carbocycles. The Kier molecular flexibility index (Phi) is 16.1. The molecule has 1 aromatic carbocycles. The van der Waals surface area contributed by atoms with Gasteiger partial charge in [0.25, 0.3) is 11.8 Å². The van der Waals surface area contributed by atoms with E-state index in [9.17, 15) is 49.2 Å². The van der Waals surface area contributed by atoms with E-state index in [1.54, 1.807) is 20.8 Å². The highest BCUT2D eigenvalue weighted by Crippen LogP contribution is 2.31. The first-order chi connectivity index (χ1) is 24.6.